The highest BCUT2D eigenvalue weighted by Gasteiger charge is 2.10. The molecule has 1 atom stereocenters. The molecule has 2 heteroatoms. The molecule has 0 amide bonds. The Hall–Kier alpha value is -0.200. The normalized spacial score (nSPS) is 12.8. The molecule has 0 saturated heterocycles. The quantitative estimate of drug-likeness (QED) is 0.451. The van der Waals surface area contributed by atoms with Crippen molar-refractivity contribution >= 4 is 17.4 Å². The van der Waals surface area contributed by atoms with E-state index in [1.54, 1.807) is 0 Å². The van der Waals surface area contributed by atoms with Crippen LogP contribution in [0.3, 0.4) is 0 Å². The first-order valence-corrected chi connectivity index (χ1v) is 4.24. The first-order chi connectivity index (χ1) is 4.76. The van der Waals surface area contributed by atoms with Gasteiger partial charge in [0.15, 0.2) is 0 Å². The lowest BCUT2D eigenvalue weighted by Gasteiger charge is -2.14. The van der Waals surface area contributed by atoms with Gasteiger partial charge in [0.05, 0.1) is 11.2 Å². The monoisotopic (exact) mass is 157 g/mol. The highest BCUT2D eigenvalue weighted by atomic mass is 32.1. The van der Waals surface area contributed by atoms with E-state index in [2.05, 4.69) is 43.1 Å². The predicted molar refractivity (Wildman–Crippen MR) is 48.6 cm³/mol. The van der Waals surface area contributed by atoms with Gasteiger partial charge in [0.2, 0.25) is 0 Å². The Balaban J connectivity index is 3.87. The van der Waals surface area contributed by atoms with E-state index in [0.29, 0.717) is 12.0 Å². The van der Waals surface area contributed by atoms with Crippen molar-refractivity contribution in [2.24, 2.45) is 10.9 Å². The molecule has 0 fully saturated rings. The van der Waals surface area contributed by atoms with E-state index in [0.717, 1.165) is 0 Å². The van der Waals surface area contributed by atoms with Gasteiger partial charge in [-0.15, -0.1) is 0 Å². The summed E-state index contributed by atoms with van der Waals surface area (Å²) in [5.74, 6) is 0.676. The van der Waals surface area contributed by atoms with Crippen LogP contribution in [0.25, 0.3) is 0 Å². The van der Waals surface area contributed by atoms with Crippen LogP contribution in [0.2, 0.25) is 0 Å². The van der Waals surface area contributed by atoms with Crippen molar-refractivity contribution in [3.63, 3.8) is 0 Å². The van der Waals surface area contributed by atoms with Crippen LogP contribution in [0, 0.1) is 5.92 Å². The minimum atomic E-state index is 0.354. The number of thiocarbonyl (C=S) groups is 1. The van der Waals surface area contributed by atoms with Crippen LogP contribution in [0.5, 0.6) is 0 Å². The summed E-state index contributed by atoms with van der Waals surface area (Å²) in [4.78, 5) is 4.03. The minimum absolute atomic E-state index is 0.354. The van der Waals surface area contributed by atoms with Gasteiger partial charge in [-0.05, 0) is 25.1 Å². The molecule has 1 unspecified atom stereocenters. The molecule has 0 bridgehead atoms. The number of hydrogen-bond acceptors (Lipinski definition) is 2. The third-order valence-corrected chi connectivity index (χ3v) is 2.09. The van der Waals surface area contributed by atoms with Crippen LogP contribution < -0.4 is 0 Å². The van der Waals surface area contributed by atoms with Crippen molar-refractivity contribution in [2.75, 3.05) is 0 Å². The Bertz CT molecular complexity index is 123. The second-order valence-electron chi connectivity index (χ2n) is 2.54. The van der Waals surface area contributed by atoms with Gasteiger partial charge >= 0.3 is 0 Å². The number of aliphatic imine (C=N–C) groups is 1. The number of isothiocyanates is 1. The van der Waals surface area contributed by atoms with Crippen LogP contribution in [-0.4, -0.2) is 11.2 Å². The van der Waals surface area contributed by atoms with Crippen LogP contribution in [-0.2, 0) is 0 Å². The first kappa shape index (κ1) is 9.80. The zero-order valence-corrected chi connectivity index (χ0v) is 7.74. The second kappa shape index (κ2) is 5.57. The molecule has 10 heavy (non-hydrogen) atoms. The summed E-state index contributed by atoms with van der Waals surface area (Å²) in [5.41, 5.74) is 0. The van der Waals surface area contributed by atoms with Gasteiger partial charge in [-0.25, -0.2) is 4.99 Å². The van der Waals surface area contributed by atoms with E-state index in [-0.39, 0.29) is 0 Å². The Morgan fingerprint density at radius 1 is 1.40 bits per heavy atom. The lowest BCUT2D eigenvalue weighted by molar-refractivity contribution is 0.421. The molecule has 0 aromatic rings. The van der Waals surface area contributed by atoms with Crippen molar-refractivity contribution in [1.82, 2.24) is 0 Å². The molecule has 0 heterocycles. The van der Waals surface area contributed by atoms with Crippen LogP contribution in [0.1, 0.15) is 33.6 Å². The molecule has 0 aliphatic carbocycles. The maximum Gasteiger partial charge on any atom is 0.0602 e. The highest BCUT2D eigenvalue weighted by Crippen LogP contribution is 2.14. The van der Waals surface area contributed by atoms with Crippen LogP contribution >= 0.6 is 12.2 Å². The zero-order valence-electron chi connectivity index (χ0n) is 6.92. The SMILES string of the molecule is CCC(CC)C(C)N=C=S. The van der Waals surface area contributed by atoms with E-state index >= 15 is 0 Å². The number of rotatable bonds is 4. The average Bonchev–Trinajstić information content (AvgIpc) is 1.91. The molecule has 0 aliphatic rings. The Morgan fingerprint density at radius 3 is 2.20 bits per heavy atom. The molecule has 58 valence electrons. The second-order valence-corrected chi connectivity index (χ2v) is 2.72. The van der Waals surface area contributed by atoms with Crippen molar-refractivity contribution in [3.05, 3.63) is 0 Å². The van der Waals surface area contributed by atoms with Gasteiger partial charge in [-0.3, -0.25) is 0 Å². The third-order valence-electron chi connectivity index (χ3n) is 1.99. The zero-order chi connectivity index (χ0) is 7.98. The summed E-state index contributed by atoms with van der Waals surface area (Å²) in [6, 6.07) is 0.354. The van der Waals surface area contributed by atoms with Gasteiger partial charge in [0.25, 0.3) is 0 Å². The average molecular weight is 157 g/mol. The Morgan fingerprint density at radius 2 is 1.90 bits per heavy atom. The number of nitrogens with zero attached hydrogens (tertiary/aromatic N) is 1. The molecule has 1 nitrogen and oxygen atoms in total. The van der Waals surface area contributed by atoms with Gasteiger partial charge in [-0.2, -0.15) is 0 Å². The van der Waals surface area contributed by atoms with E-state index < -0.39 is 0 Å². The molecule has 0 aromatic heterocycles. The van der Waals surface area contributed by atoms with Crippen LogP contribution in [0.15, 0.2) is 4.99 Å². The number of hydrogen-bond donors (Lipinski definition) is 0. The summed E-state index contributed by atoms with van der Waals surface area (Å²) in [6.07, 6.45) is 2.36. The smallest absolute Gasteiger partial charge is 0.0602 e. The molecule has 0 rings (SSSR count). The van der Waals surface area contributed by atoms with Crippen molar-refractivity contribution in [1.29, 1.82) is 0 Å². The Kier molecular flexibility index (Phi) is 5.46. The molecule has 0 radical (unpaired) electrons. The summed E-state index contributed by atoms with van der Waals surface area (Å²) in [5, 5.41) is 2.42. The van der Waals surface area contributed by atoms with Crippen molar-refractivity contribution < 1.29 is 0 Å². The molecular weight excluding hydrogens is 142 g/mol. The van der Waals surface area contributed by atoms with E-state index in [4.69, 9.17) is 0 Å². The van der Waals surface area contributed by atoms with E-state index in [1.165, 1.54) is 12.8 Å². The summed E-state index contributed by atoms with van der Waals surface area (Å²) < 4.78 is 0. The van der Waals surface area contributed by atoms with E-state index in [1.807, 2.05) is 0 Å². The summed E-state index contributed by atoms with van der Waals surface area (Å²) in [6.45, 7) is 6.46. The standard InChI is InChI=1S/C8H15NS/c1-4-8(5-2)7(3)9-6-10/h7-8H,4-5H2,1-3H3. The van der Waals surface area contributed by atoms with Gasteiger partial charge in [0.1, 0.15) is 0 Å². The molecule has 0 aliphatic heterocycles. The molecule has 0 saturated carbocycles. The first-order valence-electron chi connectivity index (χ1n) is 3.83. The lowest BCUT2D eigenvalue weighted by atomic mass is 9.96. The largest absolute Gasteiger partial charge is 0.229 e. The van der Waals surface area contributed by atoms with Crippen molar-refractivity contribution in [3.8, 4) is 0 Å². The van der Waals surface area contributed by atoms with Crippen LogP contribution in [0.4, 0.5) is 0 Å². The third kappa shape index (κ3) is 3.09. The molecule has 0 N–H and O–H groups in total. The summed E-state index contributed by atoms with van der Waals surface area (Å²) in [7, 11) is 0. The molecular formula is C8H15NS. The molecule has 0 spiro atoms. The van der Waals surface area contributed by atoms with Gasteiger partial charge < -0.3 is 0 Å². The van der Waals surface area contributed by atoms with E-state index in [9.17, 15) is 0 Å². The fourth-order valence-electron chi connectivity index (χ4n) is 1.16. The summed E-state index contributed by atoms with van der Waals surface area (Å²) >= 11 is 4.53. The maximum atomic E-state index is 4.53. The lowest BCUT2D eigenvalue weighted by Crippen LogP contribution is -2.12. The minimum Gasteiger partial charge on any atom is -0.229 e. The topological polar surface area (TPSA) is 12.4 Å². The highest BCUT2D eigenvalue weighted by molar-refractivity contribution is 7.78. The fraction of sp³-hybridized carbons (Fsp3) is 0.875. The van der Waals surface area contributed by atoms with Gasteiger partial charge in [0, 0.05) is 0 Å². The van der Waals surface area contributed by atoms with Gasteiger partial charge in [-0.1, -0.05) is 26.7 Å². The molecule has 0 aromatic carbocycles. The van der Waals surface area contributed by atoms with Crippen molar-refractivity contribution in [2.45, 2.75) is 39.7 Å². The fourth-order valence-corrected chi connectivity index (χ4v) is 1.33. The predicted octanol–water partition coefficient (Wildman–Crippen LogP) is 2.91. The maximum absolute atomic E-state index is 4.53. The Labute approximate surface area is 68.5 Å².